The molecule has 0 aliphatic carbocycles. The van der Waals surface area contributed by atoms with Gasteiger partial charge in [0, 0.05) is 5.69 Å². The van der Waals surface area contributed by atoms with Gasteiger partial charge in [-0.05, 0) is 30.2 Å². The molecular weight excluding hydrogens is 318 g/mol. The lowest BCUT2D eigenvalue weighted by atomic mass is 10.1. The van der Waals surface area contributed by atoms with Gasteiger partial charge in [0.25, 0.3) is 5.91 Å². The molecule has 2 N–H and O–H groups in total. The summed E-state index contributed by atoms with van der Waals surface area (Å²) in [6.07, 6.45) is 0.801. The number of nitrogens with one attached hydrogen (secondary N) is 2. The highest BCUT2D eigenvalue weighted by Crippen LogP contribution is 2.16. The molecule has 25 heavy (non-hydrogen) atoms. The molecule has 2 aromatic rings. The molecule has 0 saturated carbocycles. The maximum Gasteiger partial charge on any atom is 0.258 e. The number of nitriles is 1. The van der Waals surface area contributed by atoms with Gasteiger partial charge < -0.3 is 15.4 Å². The van der Waals surface area contributed by atoms with E-state index in [2.05, 4.69) is 10.6 Å². The highest BCUT2D eigenvalue weighted by Gasteiger charge is 2.09. The summed E-state index contributed by atoms with van der Waals surface area (Å²) < 4.78 is 5.31. The number of para-hydroxylation sites is 2. The van der Waals surface area contributed by atoms with Gasteiger partial charge in [0.05, 0.1) is 12.1 Å². The predicted octanol–water partition coefficient (Wildman–Crippen LogP) is 2.25. The Labute approximate surface area is 146 Å². The number of hydrogen-bond donors (Lipinski definition) is 2. The lowest BCUT2D eigenvalue weighted by Crippen LogP contribution is -2.36. The average molecular weight is 337 g/mol. The highest BCUT2D eigenvalue weighted by atomic mass is 16.5. The molecule has 0 heterocycles. The van der Waals surface area contributed by atoms with Crippen molar-refractivity contribution in [3.05, 3.63) is 59.7 Å². The summed E-state index contributed by atoms with van der Waals surface area (Å²) in [7, 11) is 0. The summed E-state index contributed by atoms with van der Waals surface area (Å²) in [5.41, 5.74) is 2.12. The fourth-order valence-electron chi connectivity index (χ4n) is 2.20. The van der Waals surface area contributed by atoms with Gasteiger partial charge in [-0.1, -0.05) is 37.3 Å². The third-order valence-electron chi connectivity index (χ3n) is 3.48. The van der Waals surface area contributed by atoms with Crippen molar-refractivity contribution in [2.45, 2.75) is 13.3 Å². The summed E-state index contributed by atoms with van der Waals surface area (Å²) in [5, 5.41) is 14.2. The molecule has 0 spiro atoms. The maximum absolute atomic E-state index is 12.0. The fourth-order valence-corrected chi connectivity index (χ4v) is 2.20. The van der Waals surface area contributed by atoms with Crippen molar-refractivity contribution in [3.8, 4) is 11.8 Å². The number of ether oxygens (including phenoxy) is 1. The minimum atomic E-state index is -0.438. The highest BCUT2D eigenvalue weighted by molar-refractivity contribution is 5.95. The van der Waals surface area contributed by atoms with E-state index in [1.54, 1.807) is 24.3 Å². The van der Waals surface area contributed by atoms with Gasteiger partial charge in [0.2, 0.25) is 5.91 Å². The van der Waals surface area contributed by atoms with Crippen molar-refractivity contribution in [2.75, 3.05) is 18.5 Å². The summed E-state index contributed by atoms with van der Waals surface area (Å²) in [6, 6.07) is 16.1. The first-order valence-corrected chi connectivity index (χ1v) is 7.90. The molecule has 0 fully saturated rings. The van der Waals surface area contributed by atoms with Crippen LogP contribution in [0.5, 0.6) is 5.75 Å². The second-order valence-corrected chi connectivity index (χ2v) is 5.23. The largest absolute Gasteiger partial charge is 0.482 e. The van der Waals surface area contributed by atoms with Crippen molar-refractivity contribution in [1.82, 2.24) is 5.32 Å². The number of rotatable bonds is 7. The number of carbonyl (C=O) groups excluding carboxylic acids is 2. The van der Waals surface area contributed by atoms with Gasteiger partial charge in [-0.15, -0.1) is 0 Å². The van der Waals surface area contributed by atoms with Crippen LogP contribution in [0.15, 0.2) is 48.5 Å². The van der Waals surface area contributed by atoms with Gasteiger partial charge >= 0.3 is 0 Å². The quantitative estimate of drug-likeness (QED) is 0.811. The summed E-state index contributed by atoms with van der Waals surface area (Å²) in [4.78, 5) is 23.7. The SMILES string of the molecule is CCc1ccccc1NC(=O)CNC(=O)COc1ccccc1C#N. The molecule has 0 unspecified atom stereocenters. The lowest BCUT2D eigenvalue weighted by Gasteiger charge is -2.11. The molecule has 0 aliphatic heterocycles. The van der Waals surface area contributed by atoms with E-state index < -0.39 is 5.91 Å². The zero-order valence-corrected chi connectivity index (χ0v) is 13.9. The topological polar surface area (TPSA) is 91.2 Å². The van der Waals surface area contributed by atoms with E-state index in [1.807, 2.05) is 37.3 Å². The van der Waals surface area contributed by atoms with E-state index in [4.69, 9.17) is 10.00 Å². The molecule has 0 radical (unpaired) electrons. The zero-order valence-electron chi connectivity index (χ0n) is 13.9. The van der Waals surface area contributed by atoms with Crippen molar-refractivity contribution in [1.29, 1.82) is 5.26 Å². The Balaban J connectivity index is 1.80. The molecule has 2 rings (SSSR count). The number of anilines is 1. The Morgan fingerprint density at radius 2 is 1.80 bits per heavy atom. The fraction of sp³-hybridized carbons (Fsp3) is 0.211. The van der Waals surface area contributed by atoms with Crippen LogP contribution in [-0.2, 0) is 16.0 Å². The normalized spacial score (nSPS) is 9.76. The van der Waals surface area contributed by atoms with E-state index >= 15 is 0 Å². The van der Waals surface area contributed by atoms with Crippen LogP contribution in [-0.4, -0.2) is 25.0 Å². The van der Waals surface area contributed by atoms with E-state index in [-0.39, 0.29) is 19.1 Å². The monoisotopic (exact) mass is 337 g/mol. The van der Waals surface area contributed by atoms with Gasteiger partial charge in [-0.3, -0.25) is 9.59 Å². The summed E-state index contributed by atoms with van der Waals surface area (Å²) >= 11 is 0. The average Bonchev–Trinajstić information content (AvgIpc) is 2.65. The number of nitrogens with zero attached hydrogens (tertiary/aromatic N) is 1. The molecule has 0 aromatic heterocycles. The Morgan fingerprint density at radius 3 is 2.56 bits per heavy atom. The lowest BCUT2D eigenvalue weighted by molar-refractivity contribution is -0.125. The maximum atomic E-state index is 12.0. The Morgan fingerprint density at radius 1 is 1.08 bits per heavy atom. The smallest absolute Gasteiger partial charge is 0.258 e. The van der Waals surface area contributed by atoms with Gasteiger partial charge in [0.1, 0.15) is 11.8 Å². The molecule has 6 heteroatoms. The van der Waals surface area contributed by atoms with Crippen LogP contribution in [0.3, 0.4) is 0 Å². The number of carbonyl (C=O) groups is 2. The summed E-state index contributed by atoms with van der Waals surface area (Å²) in [5.74, 6) is -0.417. The Bertz CT molecular complexity index is 796. The molecular formula is C19H19N3O3. The minimum absolute atomic E-state index is 0.153. The first-order chi connectivity index (χ1) is 12.1. The zero-order chi connectivity index (χ0) is 18.1. The van der Waals surface area contributed by atoms with E-state index in [0.717, 1.165) is 17.7 Å². The molecule has 0 atom stereocenters. The molecule has 2 aromatic carbocycles. The third kappa shape index (κ3) is 5.36. The number of hydrogen-bond acceptors (Lipinski definition) is 4. The van der Waals surface area contributed by atoms with Crippen LogP contribution in [0.25, 0.3) is 0 Å². The minimum Gasteiger partial charge on any atom is -0.482 e. The second-order valence-electron chi connectivity index (χ2n) is 5.23. The van der Waals surface area contributed by atoms with Gasteiger partial charge in [0.15, 0.2) is 6.61 Å². The number of amides is 2. The van der Waals surface area contributed by atoms with Crippen LogP contribution in [0.4, 0.5) is 5.69 Å². The van der Waals surface area contributed by atoms with Gasteiger partial charge in [-0.25, -0.2) is 0 Å². The number of benzene rings is 2. The first-order valence-electron chi connectivity index (χ1n) is 7.90. The van der Waals surface area contributed by atoms with Crippen molar-refractivity contribution >= 4 is 17.5 Å². The van der Waals surface area contributed by atoms with Crippen LogP contribution in [0, 0.1) is 11.3 Å². The molecule has 128 valence electrons. The van der Waals surface area contributed by atoms with Gasteiger partial charge in [-0.2, -0.15) is 5.26 Å². The Hall–Kier alpha value is -3.33. The molecule has 6 nitrogen and oxygen atoms in total. The molecule has 0 aliphatic rings. The number of aryl methyl sites for hydroxylation is 1. The van der Waals surface area contributed by atoms with Crippen LogP contribution < -0.4 is 15.4 Å². The van der Waals surface area contributed by atoms with E-state index in [1.165, 1.54) is 0 Å². The van der Waals surface area contributed by atoms with Crippen molar-refractivity contribution in [3.63, 3.8) is 0 Å². The standard InChI is InChI=1S/C19H19N3O3/c1-2-14-7-3-5-9-16(14)22-18(23)12-21-19(24)13-25-17-10-6-4-8-15(17)11-20/h3-10H,2,12-13H2,1H3,(H,21,24)(H,22,23). The van der Waals surface area contributed by atoms with Crippen molar-refractivity contribution < 1.29 is 14.3 Å². The Kier molecular flexibility index (Phi) is 6.55. The second kappa shape index (κ2) is 9.08. The molecule has 0 bridgehead atoms. The van der Waals surface area contributed by atoms with Crippen LogP contribution in [0.2, 0.25) is 0 Å². The first kappa shape index (κ1) is 18.0. The molecule has 2 amide bonds. The van der Waals surface area contributed by atoms with E-state index in [9.17, 15) is 9.59 Å². The third-order valence-corrected chi connectivity index (χ3v) is 3.48. The van der Waals surface area contributed by atoms with Crippen LogP contribution in [0.1, 0.15) is 18.1 Å². The van der Waals surface area contributed by atoms with E-state index in [0.29, 0.717) is 11.3 Å². The predicted molar refractivity (Wildman–Crippen MR) is 94.1 cm³/mol. The van der Waals surface area contributed by atoms with Crippen LogP contribution >= 0.6 is 0 Å². The summed E-state index contributed by atoms with van der Waals surface area (Å²) in [6.45, 7) is 1.58. The van der Waals surface area contributed by atoms with Crippen molar-refractivity contribution in [2.24, 2.45) is 0 Å². The molecule has 0 saturated heterocycles.